The van der Waals surface area contributed by atoms with Crippen LogP contribution in [0, 0.1) is 0 Å². The van der Waals surface area contributed by atoms with Gasteiger partial charge in [0.1, 0.15) is 30.3 Å². The van der Waals surface area contributed by atoms with Crippen molar-refractivity contribution in [1.82, 2.24) is 21.3 Å². The minimum absolute atomic E-state index is 0.0957. The van der Waals surface area contributed by atoms with Gasteiger partial charge in [0, 0.05) is 18.9 Å². The Morgan fingerprint density at radius 3 is 1.64 bits per heavy atom. The molecule has 0 heterocycles. The van der Waals surface area contributed by atoms with Crippen molar-refractivity contribution in [3.8, 4) is 0 Å². The van der Waals surface area contributed by atoms with Crippen molar-refractivity contribution in [1.29, 1.82) is 0 Å². The Bertz CT molecular complexity index is 1410. The summed E-state index contributed by atoms with van der Waals surface area (Å²) in [5, 5.41) is 47.3. The molecule has 0 spiro atoms. The number of aliphatic hydroxyl groups is 1. The van der Waals surface area contributed by atoms with Crippen molar-refractivity contribution in [3.63, 3.8) is 0 Å². The molecule has 6 atom stereocenters. The van der Waals surface area contributed by atoms with E-state index in [1.165, 1.54) is 6.92 Å². The van der Waals surface area contributed by atoms with Gasteiger partial charge in [0.05, 0.1) is 6.42 Å². The van der Waals surface area contributed by atoms with Crippen molar-refractivity contribution in [3.05, 3.63) is 71.8 Å². The Kier molecular flexibility index (Phi) is 15.0. The molecular weight excluding hydrogens is 618 g/mol. The summed E-state index contributed by atoms with van der Waals surface area (Å²) >= 11 is 0. The quantitative estimate of drug-likeness (QED) is 0.0839. The van der Waals surface area contributed by atoms with E-state index in [2.05, 4.69) is 21.3 Å². The third-order valence-electron chi connectivity index (χ3n) is 6.93. The molecule has 0 fully saturated rings. The third kappa shape index (κ3) is 13.3. The maximum absolute atomic E-state index is 13.0. The van der Waals surface area contributed by atoms with Gasteiger partial charge in [-0.2, -0.15) is 0 Å². The monoisotopic (exact) mass is 657 g/mol. The highest BCUT2D eigenvalue weighted by atomic mass is 16.4. The summed E-state index contributed by atoms with van der Waals surface area (Å²) in [5.74, 6) is -8.38. The van der Waals surface area contributed by atoms with Gasteiger partial charge >= 0.3 is 17.9 Å². The van der Waals surface area contributed by atoms with E-state index in [4.69, 9.17) is 10.8 Å². The average Bonchev–Trinajstić information content (AvgIpc) is 3.02. The number of hydrogen-bond acceptors (Lipinski definition) is 9. The van der Waals surface area contributed by atoms with Gasteiger partial charge in [0.2, 0.25) is 17.7 Å². The van der Waals surface area contributed by atoms with Gasteiger partial charge in [0.15, 0.2) is 0 Å². The zero-order valence-electron chi connectivity index (χ0n) is 25.5. The second-order valence-electron chi connectivity index (χ2n) is 10.8. The predicted octanol–water partition coefficient (Wildman–Crippen LogP) is -1.46. The zero-order chi connectivity index (χ0) is 35.1. The number of hydrogen-bond donors (Lipinski definition) is 9. The van der Waals surface area contributed by atoms with E-state index in [1.54, 1.807) is 60.7 Å². The van der Waals surface area contributed by atoms with Crippen LogP contribution in [0.15, 0.2) is 60.7 Å². The average molecular weight is 658 g/mol. The van der Waals surface area contributed by atoms with Crippen LogP contribution < -0.4 is 27.0 Å². The summed E-state index contributed by atoms with van der Waals surface area (Å²) in [4.78, 5) is 86.0. The third-order valence-corrected chi connectivity index (χ3v) is 6.93. The Hall–Kier alpha value is -5.35. The molecule has 16 heteroatoms. The number of nitrogens with two attached hydrogens (primary N) is 1. The van der Waals surface area contributed by atoms with E-state index in [0.29, 0.717) is 5.56 Å². The number of rotatable bonds is 19. The molecule has 4 amide bonds. The van der Waals surface area contributed by atoms with Gasteiger partial charge in [-0.15, -0.1) is 0 Å². The van der Waals surface area contributed by atoms with E-state index in [9.17, 15) is 48.9 Å². The number of aliphatic hydroxyl groups excluding tert-OH is 1. The molecule has 0 aliphatic carbocycles. The predicted molar refractivity (Wildman–Crippen MR) is 164 cm³/mol. The van der Waals surface area contributed by atoms with Crippen LogP contribution in [0.5, 0.6) is 0 Å². The number of carboxylic acids is 3. The van der Waals surface area contributed by atoms with Crippen LogP contribution >= 0.6 is 0 Å². The number of aliphatic carboxylic acids is 3. The van der Waals surface area contributed by atoms with Crippen molar-refractivity contribution in [2.45, 2.75) is 75.3 Å². The molecule has 16 nitrogen and oxygen atoms in total. The van der Waals surface area contributed by atoms with Gasteiger partial charge < -0.3 is 47.4 Å². The second kappa shape index (κ2) is 18.6. The highest BCUT2D eigenvalue weighted by molar-refractivity contribution is 5.96. The number of amides is 4. The minimum Gasteiger partial charge on any atom is -0.481 e. The lowest BCUT2D eigenvalue weighted by Gasteiger charge is -2.25. The SMILES string of the molecule is C[C@H](NC(=O)[C@H](CC(=O)O)NC(=O)[C@H](O)[C@@H](N)Cc1ccccc1)C(=O)N[C@@H](CCC(=O)O)C(=O)N[C@@H](Cc1ccccc1)C(=O)O. The first-order valence-corrected chi connectivity index (χ1v) is 14.6. The molecule has 0 saturated heterocycles. The number of carbonyl (C=O) groups excluding carboxylic acids is 4. The Morgan fingerprint density at radius 2 is 1.13 bits per heavy atom. The van der Waals surface area contributed by atoms with Crippen LogP contribution in [-0.4, -0.2) is 98.3 Å². The summed E-state index contributed by atoms with van der Waals surface area (Å²) < 4.78 is 0. The van der Waals surface area contributed by atoms with Gasteiger partial charge in [-0.3, -0.25) is 28.8 Å². The number of carbonyl (C=O) groups is 7. The standard InChI is InChI=1S/C31H39N5O11/c1-17(33-29(44)22(16-25(39)40)35-30(45)26(41)20(32)14-18-8-4-2-5-9-18)27(42)34-21(12-13-24(37)38)28(43)36-23(31(46)47)15-19-10-6-3-7-11-19/h2-11,17,20-23,26,41H,12-16,32H2,1H3,(H,33,44)(H,34,42)(H,35,45)(H,36,43)(H,37,38)(H,39,40)(H,46,47)/t17-,20-,21-,22-,23-,26+/m0/s1. The fourth-order valence-electron chi connectivity index (χ4n) is 4.37. The molecule has 0 aliphatic rings. The summed E-state index contributed by atoms with van der Waals surface area (Å²) in [6.07, 6.45) is -3.74. The van der Waals surface area contributed by atoms with Crippen LogP contribution in [0.1, 0.15) is 37.3 Å². The van der Waals surface area contributed by atoms with Crippen molar-refractivity contribution in [2.75, 3.05) is 0 Å². The molecule has 2 rings (SSSR count). The molecule has 2 aromatic carbocycles. The van der Waals surface area contributed by atoms with Gasteiger partial charge in [0.25, 0.3) is 5.91 Å². The Morgan fingerprint density at radius 1 is 0.638 bits per heavy atom. The van der Waals surface area contributed by atoms with Crippen LogP contribution in [0.3, 0.4) is 0 Å². The maximum Gasteiger partial charge on any atom is 0.326 e. The van der Waals surface area contributed by atoms with E-state index < -0.39 is 97.1 Å². The van der Waals surface area contributed by atoms with Gasteiger partial charge in [-0.05, 0) is 30.9 Å². The highest BCUT2D eigenvalue weighted by Gasteiger charge is 2.32. The molecule has 254 valence electrons. The van der Waals surface area contributed by atoms with E-state index >= 15 is 0 Å². The Labute approximate surface area is 269 Å². The van der Waals surface area contributed by atoms with Crippen molar-refractivity contribution < 1.29 is 54.0 Å². The van der Waals surface area contributed by atoms with Crippen LogP contribution in [0.25, 0.3) is 0 Å². The molecule has 0 unspecified atom stereocenters. The number of benzene rings is 2. The fraction of sp³-hybridized carbons (Fsp3) is 0.387. The molecular formula is C31H39N5O11. The lowest BCUT2D eigenvalue weighted by molar-refractivity contribution is -0.143. The van der Waals surface area contributed by atoms with Crippen molar-refractivity contribution >= 4 is 41.5 Å². The molecule has 0 saturated carbocycles. The van der Waals surface area contributed by atoms with Gasteiger partial charge in [-0.1, -0.05) is 60.7 Å². The first-order chi connectivity index (χ1) is 22.2. The minimum atomic E-state index is -1.81. The normalized spacial score (nSPS) is 14.6. The lowest BCUT2D eigenvalue weighted by atomic mass is 10.0. The first-order valence-electron chi connectivity index (χ1n) is 14.6. The molecule has 0 aromatic heterocycles. The molecule has 0 radical (unpaired) electrons. The first kappa shape index (κ1) is 37.8. The van der Waals surface area contributed by atoms with Crippen LogP contribution in [-0.2, 0) is 46.4 Å². The molecule has 0 aliphatic heterocycles. The highest BCUT2D eigenvalue weighted by Crippen LogP contribution is 2.08. The van der Waals surface area contributed by atoms with Gasteiger partial charge in [-0.25, -0.2) is 4.79 Å². The van der Waals surface area contributed by atoms with E-state index in [1.807, 2.05) is 0 Å². The zero-order valence-corrected chi connectivity index (χ0v) is 25.5. The summed E-state index contributed by atoms with van der Waals surface area (Å²) in [6, 6.07) is 9.84. The van der Waals surface area contributed by atoms with Crippen molar-refractivity contribution in [2.24, 2.45) is 5.73 Å². The second-order valence-corrected chi connectivity index (χ2v) is 10.8. The fourth-order valence-corrected chi connectivity index (χ4v) is 4.37. The largest absolute Gasteiger partial charge is 0.481 e. The Balaban J connectivity index is 2.08. The summed E-state index contributed by atoms with van der Waals surface area (Å²) in [6.45, 7) is 1.18. The van der Waals surface area contributed by atoms with E-state index in [0.717, 1.165) is 5.56 Å². The maximum atomic E-state index is 13.0. The van der Waals surface area contributed by atoms with E-state index in [-0.39, 0.29) is 12.8 Å². The number of nitrogens with one attached hydrogen (secondary N) is 4. The molecule has 47 heavy (non-hydrogen) atoms. The smallest absolute Gasteiger partial charge is 0.326 e. The van der Waals surface area contributed by atoms with Crippen LogP contribution in [0.2, 0.25) is 0 Å². The molecule has 10 N–H and O–H groups in total. The molecule has 0 bridgehead atoms. The summed E-state index contributed by atoms with van der Waals surface area (Å²) in [7, 11) is 0. The topological polar surface area (TPSA) is 275 Å². The number of carboxylic acid groups (broad SMARTS) is 3. The van der Waals surface area contributed by atoms with Crippen LogP contribution in [0.4, 0.5) is 0 Å². The molecule has 2 aromatic rings. The lowest BCUT2D eigenvalue weighted by Crippen LogP contribution is -2.58. The summed E-state index contributed by atoms with van der Waals surface area (Å²) in [5.41, 5.74) is 7.25.